The van der Waals surface area contributed by atoms with E-state index in [1.165, 1.54) is 12.1 Å². The number of rotatable bonds is 5. The first-order valence-electron chi connectivity index (χ1n) is 8.42. The summed E-state index contributed by atoms with van der Waals surface area (Å²) in [6.07, 6.45) is 2.93. The zero-order valence-electron chi connectivity index (χ0n) is 15.0. The van der Waals surface area contributed by atoms with E-state index in [1.807, 2.05) is 51.1 Å². The first-order chi connectivity index (χ1) is 12.6. The molecule has 0 amide bonds. The van der Waals surface area contributed by atoms with Gasteiger partial charge in [-0.1, -0.05) is 44.2 Å². The second-order valence-corrected chi connectivity index (χ2v) is 5.18. The van der Waals surface area contributed by atoms with Gasteiger partial charge in [0.15, 0.2) is 0 Å². The first kappa shape index (κ1) is 19.1. The van der Waals surface area contributed by atoms with Crippen LogP contribution in [-0.2, 0) is 0 Å². The van der Waals surface area contributed by atoms with E-state index < -0.39 is 4.92 Å². The van der Waals surface area contributed by atoms with Crippen molar-refractivity contribution in [3.05, 3.63) is 82.7 Å². The topological polar surface area (TPSA) is 78.2 Å². The summed E-state index contributed by atoms with van der Waals surface area (Å²) < 4.78 is 5.96. The number of non-ortho nitro benzene ring substituents is 1. The molecule has 6 heteroatoms. The zero-order chi connectivity index (χ0) is 18.9. The van der Waals surface area contributed by atoms with E-state index in [2.05, 4.69) is 9.97 Å². The van der Waals surface area contributed by atoms with Gasteiger partial charge in [0.1, 0.15) is 11.8 Å². The van der Waals surface area contributed by atoms with Gasteiger partial charge in [-0.3, -0.25) is 10.1 Å². The van der Waals surface area contributed by atoms with Crippen LogP contribution in [0.1, 0.15) is 32.4 Å². The molecule has 1 atom stereocenters. The van der Waals surface area contributed by atoms with E-state index in [1.54, 1.807) is 24.5 Å². The Balaban J connectivity index is 0.00000117. The lowest BCUT2D eigenvalue weighted by Gasteiger charge is -2.16. The van der Waals surface area contributed by atoms with E-state index in [-0.39, 0.29) is 11.8 Å². The molecule has 6 nitrogen and oxygen atoms in total. The van der Waals surface area contributed by atoms with Crippen LogP contribution in [-0.4, -0.2) is 14.9 Å². The van der Waals surface area contributed by atoms with Crippen molar-refractivity contribution in [2.45, 2.75) is 26.9 Å². The molecule has 0 radical (unpaired) electrons. The van der Waals surface area contributed by atoms with Gasteiger partial charge in [0.25, 0.3) is 5.69 Å². The molecule has 1 aromatic heterocycles. The van der Waals surface area contributed by atoms with Crippen molar-refractivity contribution >= 4 is 5.69 Å². The van der Waals surface area contributed by atoms with E-state index in [0.717, 1.165) is 5.56 Å². The molecule has 3 aromatic rings. The Morgan fingerprint density at radius 1 is 0.962 bits per heavy atom. The lowest BCUT2D eigenvalue weighted by Crippen LogP contribution is -2.06. The molecule has 0 bridgehead atoms. The van der Waals surface area contributed by atoms with Crippen molar-refractivity contribution in [2.24, 2.45) is 0 Å². The molecule has 1 unspecified atom stereocenters. The summed E-state index contributed by atoms with van der Waals surface area (Å²) in [4.78, 5) is 18.9. The van der Waals surface area contributed by atoms with Gasteiger partial charge in [0.2, 0.25) is 5.88 Å². The molecule has 3 rings (SSSR count). The smallest absolute Gasteiger partial charge is 0.269 e. The number of nitrogens with zero attached hydrogens (tertiary/aromatic N) is 3. The molecule has 134 valence electrons. The zero-order valence-corrected chi connectivity index (χ0v) is 15.0. The third-order valence-electron chi connectivity index (χ3n) is 3.57. The number of nitro groups is 1. The molecule has 0 fully saturated rings. The minimum Gasteiger partial charge on any atom is -0.468 e. The molecule has 0 saturated heterocycles. The van der Waals surface area contributed by atoms with E-state index in [9.17, 15) is 10.1 Å². The van der Waals surface area contributed by atoms with Crippen LogP contribution in [0.15, 0.2) is 67.0 Å². The molecule has 0 N–H and O–H groups in total. The maximum Gasteiger partial charge on any atom is 0.269 e. The third kappa shape index (κ3) is 4.63. The molecule has 0 aliphatic carbocycles. The minimum atomic E-state index is -0.435. The average molecular weight is 351 g/mol. The summed E-state index contributed by atoms with van der Waals surface area (Å²) >= 11 is 0. The van der Waals surface area contributed by atoms with Crippen LogP contribution in [0.25, 0.3) is 11.3 Å². The van der Waals surface area contributed by atoms with Crippen molar-refractivity contribution in [2.75, 3.05) is 0 Å². The summed E-state index contributed by atoms with van der Waals surface area (Å²) in [7, 11) is 0. The molecule has 26 heavy (non-hydrogen) atoms. The molecule has 1 heterocycles. The highest BCUT2D eigenvalue weighted by Crippen LogP contribution is 2.30. The normalized spacial score (nSPS) is 11.0. The maximum atomic E-state index is 10.8. The highest BCUT2D eigenvalue weighted by atomic mass is 16.6. The average Bonchev–Trinajstić information content (AvgIpc) is 2.70. The Morgan fingerprint density at radius 2 is 1.58 bits per heavy atom. The lowest BCUT2D eigenvalue weighted by molar-refractivity contribution is -0.384. The highest BCUT2D eigenvalue weighted by molar-refractivity contribution is 5.65. The fraction of sp³-hybridized carbons (Fsp3) is 0.200. The summed E-state index contributed by atoms with van der Waals surface area (Å²) in [5.74, 6) is 0.391. The predicted octanol–water partition coefficient (Wildman–Crippen LogP) is 5.22. The fourth-order valence-electron chi connectivity index (χ4n) is 2.31. The summed E-state index contributed by atoms with van der Waals surface area (Å²) in [5, 5.41) is 10.8. The van der Waals surface area contributed by atoms with Crippen molar-refractivity contribution in [3.63, 3.8) is 0 Å². The Morgan fingerprint density at radius 3 is 2.19 bits per heavy atom. The van der Waals surface area contributed by atoms with Crippen LogP contribution >= 0.6 is 0 Å². The highest BCUT2D eigenvalue weighted by Gasteiger charge is 2.15. The largest absolute Gasteiger partial charge is 0.468 e. The van der Waals surface area contributed by atoms with Crippen molar-refractivity contribution < 1.29 is 9.66 Å². The van der Waals surface area contributed by atoms with Crippen molar-refractivity contribution in [1.29, 1.82) is 0 Å². The maximum absolute atomic E-state index is 10.8. The minimum absolute atomic E-state index is 0.0303. The molecule has 0 saturated carbocycles. The van der Waals surface area contributed by atoms with E-state index in [4.69, 9.17) is 4.74 Å². The van der Waals surface area contributed by atoms with E-state index >= 15 is 0 Å². The first-order valence-corrected chi connectivity index (χ1v) is 8.42. The van der Waals surface area contributed by atoms with Gasteiger partial charge in [0.05, 0.1) is 4.92 Å². The van der Waals surface area contributed by atoms with Crippen LogP contribution in [0.2, 0.25) is 0 Å². The van der Waals surface area contributed by atoms with Crippen molar-refractivity contribution in [3.8, 4) is 17.1 Å². The van der Waals surface area contributed by atoms with Gasteiger partial charge in [-0.25, -0.2) is 9.97 Å². The van der Waals surface area contributed by atoms with Crippen molar-refractivity contribution in [1.82, 2.24) is 9.97 Å². The van der Waals surface area contributed by atoms with Crippen LogP contribution in [0.3, 0.4) is 0 Å². The molecule has 0 aliphatic rings. The summed E-state index contributed by atoms with van der Waals surface area (Å²) in [5.41, 5.74) is 2.32. The number of benzene rings is 2. The van der Waals surface area contributed by atoms with Crippen LogP contribution in [0.4, 0.5) is 5.69 Å². The van der Waals surface area contributed by atoms with Crippen LogP contribution in [0.5, 0.6) is 5.88 Å². The number of nitro benzene ring substituents is 1. The number of ether oxygens (including phenoxy) is 1. The summed E-state index contributed by atoms with van der Waals surface area (Å²) in [6.45, 7) is 5.93. The number of hydrogen-bond donors (Lipinski definition) is 0. The lowest BCUT2D eigenvalue weighted by atomic mass is 10.1. The SMILES string of the molecule is CC.CC(Oc1nccnc1-c1ccc([N+](=O)[O-])cc1)c1ccccc1. The Labute approximate surface area is 152 Å². The Bertz CT molecular complexity index is 836. The van der Waals surface area contributed by atoms with Crippen LogP contribution in [0, 0.1) is 10.1 Å². The molecule has 0 aliphatic heterocycles. The number of hydrogen-bond acceptors (Lipinski definition) is 5. The van der Waals surface area contributed by atoms with Gasteiger partial charge in [0, 0.05) is 30.1 Å². The molecule has 2 aromatic carbocycles. The van der Waals surface area contributed by atoms with Gasteiger partial charge < -0.3 is 4.74 Å². The number of aromatic nitrogens is 2. The quantitative estimate of drug-likeness (QED) is 0.465. The third-order valence-corrected chi connectivity index (χ3v) is 3.57. The standard InChI is InChI=1S/C18H15N3O3.C2H6/c1-13(14-5-3-2-4-6-14)24-18-17(19-11-12-20-18)15-7-9-16(10-8-15)21(22)23;1-2/h2-13H,1H3;1-2H3. The Kier molecular flexibility index (Phi) is 6.79. The second-order valence-electron chi connectivity index (χ2n) is 5.18. The van der Waals surface area contributed by atoms with Gasteiger partial charge >= 0.3 is 0 Å². The predicted molar refractivity (Wildman–Crippen MR) is 101 cm³/mol. The van der Waals surface area contributed by atoms with Gasteiger partial charge in [-0.05, 0) is 24.6 Å². The fourth-order valence-corrected chi connectivity index (χ4v) is 2.31. The van der Waals surface area contributed by atoms with Gasteiger partial charge in [-0.2, -0.15) is 0 Å². The molecular formula is C20H21N3O3. The van der Waals surface area contributed by atoms with Crippen LogP contribution < -0.4 is 4.74 Å². The van der Waals surface area contributed by atoms with Gasteiger partial charge in [-0.15, -0.1) is 0 Å². The monoisotopic (exact) mass is 351 g/mol. The Hall–Kier alpha value is -3.28. The summed E-state index contributed by atoms with van der Waals surface area (Å²) in [6, 6.07) is 16.0. The van der Waals surface area contributed by atoms with E-state index in [0.29, 0.717) is 17.1 Å². The molecular weight excluding hydrogens is 330 g/mol. The molecule has 0 spiro atoms. The second kappa shape index (κ2) is 9.27.